The molecule has 6 heteroatoms. The molecule has 0 fully saturated rings. The van der Waals surface area contributed by atoms with E-state index in [1.54, 1.807) is 13.2 Å². The van der Waals surface area contributed by atoms with E-state index in [1.165, 1.54) is 4.68 Å². The quantitative estimate of drug-likeness (QED) is 0.865. The van der Waals surface area contributed by atoms with Crippen LogP contribution in [0.25, 0.3) is 11.3 Å². The number of aryl methyl sites for hydroxylation is 1. The van der Waals surface area contributed by atoms with Crippen molar-refractivity contribution in [2.45, 2.75) is 13.5 Å². The van der Waals surface area contributed by atoms with E-state index in [2.05, 4.69) is 5.10 Å². The molecule has 0 bridgehead atoms. The monoisotopic (exact) mass is 289 g/mol. The number of methoxy groups -OCH3 is 1. The molecule has 2 aromatic rings. The van der Waals surface area contributed by atoms with Crippen LogP contribution in [0.15, 0.2) is 35.1 Å². The highest BCUT2D eigenvalue weighted by atomic mass is 32.1. The van der Waals surface area contributed by atoms with Crippen LogP contribution < -0.4 is 16.0 Å². The van der Waals surface area contributed by atoms with Gasteiger partial charge in [0.2, 0.25) is 0 Å². The van der Waals surface area contributed by atoms with E-state index in [-0.39, 0.29) is 16.1 Å². The zero-order chi connectivity index (χ0) is 14.7. The molecule has 5 nitrogen and oxygen atoms in total. The number of rotatable bonds is 4. The number of ether oxygens (including phenoxy) is 1. The molecule has 0 amide bonds. The second-order valence-corrected chi connectivity index (χ2v) is 4.57. The lowest BCUT2D eigenvalue weighted by Gasteiger charge is -2.11. The normalized spacial score (nSPS) is 10.3. The third-order valence-electron chi connectivity index (χ3n) is 2.92. The van der Waals surface area contributed by atoms with Gasteiger partial charge in [-0.15, -0.1) is 0 Å². The molecule has 0 aliphatic rings. The fourth-order valence-electron chi connectivity index (χ4n) is 1.92. The standard InChI is InChI=1S/C14H15N3O2S/c1-3-17-14(18)10(13(15)20)8-11(16-17)9-6-4-5-7-12(9)19-2/h4-8H,3H2,1-2H3,(H2,15,20). The summed E-state index contributed by atoms with van der Waals surface area (Å²) in [5, 5.41) is 4.32. The first-order valence-electron chi connectivity index (χ1n) is 6.13. The molecule has 0 unspecified atom stereocenters. The topological polar surface area (TPSA) is 70.1 Å². The van der Waals surface area contributed by atoms with Crippen molar-refractivity contribution in [1.82, 2.24) is 9.78 Å². The van der Waals surface area contributed by atoms with Gasteiger partial charge < -0.3 is 10.5 Å². The predicted octanol–water partition coefficient (Wildman–Crippen LogP) is 1.57. The van der Waals surface area contributed by atoms with Crippen molar-refractivity contribution < 1.29 is 4.74 Å². The van der Waals surface area contributed by atoms with E-state index in [9.17, 15) is 4.79 Å². The highest BCUT2D eigenvalue weighted by molar-refractivity contribution is 7.80. The number of para-hydroxylation sites is 1. The molecule has 0 spiro atoms. The summed E-state index contributed by atoms with van der Waals surface area (Å²) in [5.41, 5.74) is 7.02. The number of nitrogens with two attached hydrogens (primary N) is 1. The van der Waals surface area contributed by atoms with Gasteiger partial charge in [0, 0.05) is 12.1 Å². The fraction of sp³-hybridized carbons (Fsp3) is 0.214. The van der Waals surface area contributed by atoms with Crippen LogP contribution in [0.4, 0.5) is 0 Å². The van der Waals surface area contributed by atoms with Gasteiger partial charge in [-0.2, -0.15) is 5.10 Å². The lowest BCUT2D eigenvalue weighted by molar-refractivity contribution is 0.416. The van der Waals surface area contributed by atoms with E-state index in [0.29, 0.717) is 18.0 Å². The van der Waals surface area contributed by atoms with Gasteiger partial charge in [-0.05, 0) is 25.1 Å². The number of hydrogen-bond acceptors (Lipinski definition) is 4. The Hall–Kier alpha value is -2.21. The average molecular weight is 289 g/mol. The SMILES string of the molecule is CCn1nc(-c2ccccc2OC)cc(C(N)=S)c1=O. The first kappa shape index (κ1) is 14.2. The number of benzene rings is 1. The van der Waals surface area contributed by atoms with Crippen LogP contribution in [0.1, 0.15) is 12.5 Å². The van der Waals surface area contributed by atoms with Crippen molar-refractivity contribution in [1.29, 1.82) is 0 Å². The maximum atomic E-state index is 12.1. The van der Waals surface area contributed by atoms with E-state index in [1.807, 2.05) is 31.2 Å². The van der Waals surface area contributed by atoms with Crippen LogP contribution in [0.3, 0.4) is 0 Å². The molecular formula is C14H15N3O2S. The molecule has 2 N–H and O–H groups in total. The van der Waals surface area contributed by atoms with Gasteiger partial charge in [-0.3, -0.25) is 4.79 Å². The lowest BCUT2D eigenvalue weighted by Crippen LogP contribution is -2.30. The summed E-state index contributed by atoms with van der Waals surface area (Å²) in [6.45, 7) is 2.28. The van der Waals surface area contributed by atoms with Crippen molar-refractivity contribution in [2.75, 3.05) is 7.11 Å². The molecule has 1 heterocycles. The third-order valence-corrected chi connectivity index (χ3v) is 3.14. The van der Waals surface area contributed by atoms with Crippen LogP contribution in [0.2, 0.25) is 0 Å². The van der Waals surface area contributed by atoms with Gasteiger partial charge in [-0.25, -0.2) is 4.68 Å². The zero-order valence-electron chi connectivity index (χ0n) is 11.3. The molecule has 0 atom stereocenters. The Morgan fingerprint density at radius 2 is 2.15 bits per heavy atom. The lowest BCUT2D eigenvalue weighted by atomic mass is 10.1. The molecule has 104 valence electrons. The molecule has 1 aromatic heterocycles. The van der Waals surface area contributed by atoms with Crippen molar-refractivity contribution in [3.05, 3.63) is 46.2 Å². The molecule has 0 saturated heterocycles. The highest BCUT2D eigenvalue weighted by Crippen LogP contribution is 2.27. The summed E-state index contributed by atoms with van der Waals surface area (Å²) < 4.78 is 6.66. The first-order chi connectivity index (χ1) is 9.58. The Labute approximate surface area is 122 Å². The molecule has 0 saturated carbocycles. The number of hydrogen-bond donors (Lipinski definition) is 1. The Morgan fingerprint density at radius 3 is 2.75 bits per heavy atom. The summed E-state index contributed by atoms with van der Waals surface area (Å²) in [5.74, 6) is 0.676. The molecule has 0 aliphatic carbocycles. The minimum Gasteiger partial charge on any atom is -0.496 e. The molecule has 20 heavy (non-hydrogen) atoms. The minimum atomic E-state index is -0.279. The van der Waals surface area contributed by atoms with Crippen molar-refractivity contribution in [2.24, 2.45) is 5.73 Å². The van der Waals surface area contributed by atoms with E-state index in [0.717, 1.165) is 5.56 Å². The maximum absolute atomic E-state index is 12.1. The maximum Gasteiger partial charge on any atom is 0.277 e. The summed E-state index contributed by atoms with van der Waals surface area (Å²) in [6.07, 6.45) is 0. The van der Waals surface area contributed by atoms with Gasteiger partial charge in [-0.1, -0.05) is 24.4 Å². The molecule has 0 aliphatic heterocycles. The van der Waals surface area contributed by atoms with Gasteiger partial charge >= 0.3 is 0 Å². The van der Waals surface area contributed by atoms with Gasteiger partial charge in [0.15, 0.2) is 0 Å². The van der Waals surface area contributed by atoms with Gasteiger partial charge in [0.1, 0.15) is 10.7 Å². The van der Waals surface area contributed by atoms with Crippen molar-refractivity contribution in [3.8, 4) is 17.0 Å². The Kier molecular flexibility index (Phi) is 4.14. The number of aromatic nitrogens is 2. The zero-order valence-corrected chi connectivity index (χ0v) is 12.1. The highest BCUT2D eigenvalue weighted by Gasteiger charge is 2.13. The van der Waals surface area contributed by atoms with E-state index < -0.39 is 0 Å². The van der Waals surface area contributed by atoms with Crippen LogP contribution in [-0.2, 0) is 6.54 Å². The number of nitrogens with zero attached hydrogens (tertiary/aromatic N) is 2. The Bertz CT molecular complexity index is 710. The number of thiocarbonyl (C=S) groups is 1. The van der Waals surface area contributed by atoms with Crippen LogP contribution in [0, 0.1) is 0 Å². The summed E-state index contributed by atoms with van der Waals surface area (Å²) in [7, 11) is 1.59. The van der Waals surface area contributed by atoms with Crippen LogP contribution in [-0.4, -0.2) is 21.9 Å². The van der Waals surface area contributed by atoms with Gasteiger partial charge in [0.05, 0.1) is 18.4 Å². The second kappa shape index (κ2) is 5.83. The van der Waals surface area contributed by atoms with E-state index in [4.69, 9.17) is 22.7 Å². The largest absolute Gasteiger partial charge is 0.496 e. The summed E-state index contributed by atoms with van der Waals surface area (Å²) >= 11 is 4.93. The van der Waals surface area contributed by atoms with E-state index >= 15 is 0 Å². The Morgan fingerprint density at radius 1 is 1.45 bits per heavy atom. The minimum absolute atomic E-state index is 0.0655. The van der Waals surface area contributed by atoms with Crippen LogP contribution in [0.5, 0.6) is 5.75 Å². The molecule has 2 rings (SSSR count). The molecule has 1 aromatic carbocycles. The van der Waals surface area contributed by atoms with Crippen molar-refractivity contribution >= 4 is 17.2 Å². The predicted molar refractivity (Wildman–Crippen MR) is 82.0 cm³/mol. The first-order valence-corrected chi connectivity index (χ1v) is 6.54. The van der Waals surface area contributed by atoms with Crippen LogP contribution >= 0.6 is 12.2 Å². The Balaban J connectivity index is 2.72. The van der Waals surface area contributed by atoms with Crippen molar-refractivity contribution in [3.63, 3.8) is 0 Å². The smallest absolute Gasteiger partial charge is 0.277 e. The fourth-order valence-corrected chi connectivity index (χ4v) is 2.07. The molecular weight excluding hydrogens is 274 g/mol. The van der Waals surface area contributed by atoms with Gasteiger partial charge in [0.25, 0.3) is 5.56 Å². The second-order valence-electron chi connectivity index (χ2n) is 4.13. The summed E-state index contributed by atoms with van der Waals surface area (Å²) in [6, 6.07) is 9.05. The average Bonchev–Trinajstić information content (AvgIpc) is 2.47. The third kappa shape index (κ3) is 2.55. The summed E-state index contributed by atoms with van der Waals surface area (Å²) in [4.78, 5) is 12.1. The molecule has 0 radical (unpaired) electrons.